The van der Waals surface area contributed by atoms with Crippen LogP contribution in [0.25, 0.3) is 0 Å². The number of hydrogen-bond donors (Lipinski definition) is 1. The van der Waals surface area contributed by atoms with E-state index in [4.69, 9.17) is 0 Å². The summed E-state index contributed by atoms with van der Waals surface area (Å²) in [5.74, 6) is -0.923. The standard InChI is InChI=1S/C21H27N3O3/c1-3-11-24-20(26)17-9-8-16(14-18(17)21(24)27)19(25)22-10-6-13-23-12-5-4-7-15(23)2/h3,8-9,14-15H,1,4-7,10-13H2,2H3,(H,22,25)/t15-/m0/s1. The molecule has 1 aromatic rings. The van der Waals surface area contributed by atoms with E-state index in [1.165, 1.54) is 31.4 Å². The number of likely N-dealkylation sites (tertiary alicyclic amines) is 1. The number of amides is 3. The van der Waals surface area contributed by atoms with Crippen LogP contribution in [0.2, 0.25) is 0 Å². The Morgan fingerprint density at radius 1 is 1.26 bits per heavy atom. The van der Waals surface area contributed by atoms with E-state index >= 15 is 0 Å². The summed E-state index contributed by atoms with van der Waals surface area (Å²) in [7, 11) is 0. The molecule has 0 spiro atoms. The Kier molecular flexibility index (Phi) is 6.06. The fourth-order valence-corrected chi connectivity index (χ4v) is 3.80. The Labute approximate surface area is 160 Å². The number of carbonyl (C=O) groups is 3. The van der Waals surface area contributed by atoms with Crippen molar-refractivity contribution in [3.8, 4) is 0 Å². The van der Waals surface area contributed by atoms with Crippen molar-refractivity contribution in [1.82, 2.24) is 15.1 Å². The predicted octanol–water partition coefficient (Wildman–Crippen LogP) is 2.46. The van der Waals surface area contributed by atoms with E-state index < -0.39 is 0 Å². The highest BCUT2D eigenvalue weighted by atomic mass is 16.2. The van der Waals surface area contributed by atoms with Gasteiger partial charge in [-0.05, 0) is 50.9 Å². The molecule has 1 saturated heterocycles. The summed E-state index contributed by atoms with van der Waals surface area (Å²) in [6, 6.07) is 5.29. The molecule has 0 aromatic heterocycles. The quantitative estimate of drug-likeness (QED) is 0.455. The summed E-state index contributed by atoms with van der Waals surface area (Å²) in [4.78, 5) is 40.6. The molecule has 6 nitrogen and oxygen atoms in total. The highest BCUT2D eigenvalue weighted by Gasteiger charge is 2.35. The molecular weight excluding hydrogens is 342 g/mol. The van der Waals surface area contributed by atoms with Crippen LogP contribution >= 0.6 is 0 Å². The number of nitrogens with one attached hydrogen (secondary N) is 1. The molecule has 0 aliphatic carbocycles. The number of imide groups is 1. The minimum Gasteiger partial charge on any atom is -0.352 e. The Balaban J connectivity index is 1.55. The number of carbonyl (C=O) groups excluding carboxylic acids is 3. The molecule has 1 fully saturated rings. The molecule has 1 aromatic carbocycles. The fraction of sp³-hybridized carbons (Fsp3) is 0.476. The second kappa shape index (κ2) is 8.48. The van der Waals surface area contributed by atoms with Gasteiger partial charge in [0.1, 0.15) is 0 Å². The van der Waals surface area contributed by atoms with Gasteiger partial charge >= 0.3 is 0 Å². The maximum atomic E-state index is 12.4. The van der Waals surface area contributed by atoms with Gasteiger partial charge in [-0.3, -0.25) is 19.3 Å². The van der Waals surface area contributed by atoms with Crippen LogP contribution in [0.15, 0.2) is 30.9 Å². The molecule has 0 radical (unpaired) electrons. The lowest BCUT2D eigenvalue weighted by molar-refractivity contribution is 0.0672. The molecule has 6 heteroatoms. The van der Waals surface area contributed by atoms with Crippen LogP contribution in [0.3, 0.4) is 0 Å². The third-order valence-corrected chi connectivity index (χ3v) is 5.39. The summed E-state index contributed by atoms with van der Waals surface area (Å²) < 4.78 is 0. The summed E-state index contributed by atoms with van der Waals surface area (Å²) >= 11 is 0. The lowest BCUT2D eigenvalue weighted by Gasteiger charge is -2.33. The summed E-state index contributed by atoms with van der Waals surface area (Å²) in [5, 5.41) is 2.92. The molecular formula is C21H27N3O3. The Morgan fingerprint density at radius 3 is 2.78 bits per heavy atom. The van der Waals surface area contributed by atoms with Crippen molar-refractivity contribution in [2.24, 2.45) is 0 Å². The molecule has 3 rings (SSSR count). The van der Waals surface area contributed by atoms with E-state index in [1.807, 2.05) is 0 Å². The van der Waals surface area contributed by atoms with Crippen molar-refractivity contribution in [2.75, 3.05) is 26.2 Å². The Hall–Kier alpha value is -2.47. The zero-order valence-corrected chi connectivity index (χ0v) is 15.9. The number of rotatable bonds is 7. The lowest BCUT2D eigenvalue weighted by atomic mass is 10.0. The van der Waals surface area contributed by atoms with Crippen LogP contribution < -0.4 is 5.32 Å². The predicted molar refractivity (Wildman–Crippen MR) is 104 cm³/mol. The topological polar surface area (TPSA) is 69.7 Å². The van der Waals surface area contributed by atoms with Crippen molar-refractivity contribution in [3.63, 3.8) is 0 Å². The molecule has 2 aliphatic heterocycles. The summed E-state index contributed by atoms with van der Waals surface area (Å²) in [5.41, 5.74) is 1.04. The average Bonchev–Trinajstić information content (AvgIpc) is 2.91. The van der Waals surface area contributed by atoms with E-state index in [1.54, 1.807) is 12.1 Å². The molecule has 144 valence electrons. The monoisotopic (exact) mass is 369 g/mol. The summed E-state index contributed by atoms with van der Waals surface area (Å²) in [6.45, 7) is 8.71. The van der Waals surface area contributed by atoms with Gasteiger partial charge in [-0.15, -0.1) is 6.58 Å². The first-order valence-electron chi connectivity index (χ1n) is 9.66. The molecule has 3 amide bonds. The van der Waals surface area contributed by atoms with E-state index in [-0.39, 0.29) is 29.8 Å². The maximum absolute atomic E-state index is 12.4. The second-order valence-electron chi connectivity index (χ2n) is 7.26. The first-order valence-corrected chi connectivity index (χ1v) is 9.66. The SMILES string of the molecule is C=CCN1C(=O)c2ccc(C(=O)NCCCN3CCCC[C@@H]3C)cc2C1=O. The minimum absolute atomic E-state index is 0.169. The Bertz CT molecular complexity index is 759. The molecule has 1 atom stereocenters. The fourth-order valence-electron chi connectivity index (χ4n) is 3.80. The van der Waals surface area contributed by atoms with Gasteiger partial charge in [-0.2, -0.15) is 0 Å². The second-order valence-corrected chi connectivity index (χ2v) is 7.26. The average molecular weight is 369 g/mol. The van der Waals surface area contributed by atoms with E-state index in [2.05, 4.69) is 23.7 Å². The van der Waals surface area contributed by atoms with Crippen molar-refractivity contribution >= 4 is 17.7 Å². The highest BCUT2D eigenvalue weighted by molar-refractivity contribution is 6.22. The van der Waals surface area contributed by atoms with Gasteiger partial charge in [0, 0.05) is 31.2 Å². The smallest absolute Gasteiger partial charge is 0.261 e. The van der Waals surface area contributed by atoms with Crippen molar-refractivity contribution in [1.29, 1.82) is 0 Å². The van der Waals surface area contributed by atoms with Gasteiger partial charge < -0.3 is 10.2 Å². The van der Waals surface area contributed by atoms with Crippen molar-refractivity contribution < 1.29 is 14.4 Å². The Morgan fingerprint density at radius 2 is 2.04 bits per heavy atom. The van der Waals surface area contributed by atoms with Crippen LogP contribution in [0, 0.1) is 0 Å². The van der Waals surface area contributed by atoms with Crippen LogP contribution in [-0.4, -0.2) is 59.7 Å². The first kappa shape index (κ1) is 19.3. The maximum Gasteiger partial charge on any atom is 0.261 e. The molecule has 0 saturated carbocycles. The van der Waals surface area contributed by atoms with Gasteiger partial charge in [0.15, 0.2) is 0 Å². The van der Waals surface area contributed by atoms with E-state index in [9.17, 15) is 14.4 Å². The number of piperidine rings is 1. The number of benzene rings is 1. The van der Waals surface area contributed by atoms with Crippen LogP contribution in [-0.2, 0) is 0 Å². The molecule has 2 heterocycles. The van der Waals surface area contributed by atoms with Crippen LogP contribution in [0.4, 0.5) is 0 Å². The minimum atomic E-state index is -0.372. The lowest BCUT2D eigenvalue weighted by Crippen LogP contribution is -2.39. The third kappa shape index (κ3) is 4.11. The van der Waals surface area contributed by atoms with E-state index in [0.29, 0.717) is 23.7 Å². The normalized spacial score (nSPS) is 19.9. The molecule has 0 unspecified atom stereocenters. The third-order valence-electron chi connectivity index (χ3n) is 5.39. The highest BCUT2D eigenvalue weighted by Crippen LogP contribution is 2.24. The zero-order chi connectivity index (χ0) is 19.4. The van der Waals surface area contributed by atoms with Gasteiger partial charge in [0.25, 0.3) is 17.7 Å². The number of hydrogen-bond acceptors (Lipinski definition) is 4. The molecule has 27 heavy (non-hydrogen) atoms. The van der Waals surface area contributed by atoms with Crippen molar-refractivity contribution in [3.05, 3.63) is 47.5 Å². The van der Waals surface area contributed by atoms with Gasteiger partial charge in [0.2, 0.25) is 0 Å². The van der Waals surface area contributed by atoms with Gasteiger partial charge in [-0.25, -0.2) is 0 Å². The largest absolute Gasteiger partial charge is 0.352 e. The van der Waals surface area contributed by atoms with Crippen LogP contribution in [0.1, 0.15) is 63.7 Å². The first-order chi connectivity index (χ1) is 13.0. The molecule has 0 bridgehead atoms. The van der Waals surface area contributed by atoms with Gasteiger partial charge in [-0.1, -0.05) is 12.5 Å². The molecule has 1 N–H and O–H groups in total. The summed E-state index contributed by atoms with van der Waals surface area (Å²) in [6.07, 6.45) is 6.21. The van der Waals surface area contributed by atoms with Crippen molar-refractivity contribution in [2.45, 2.75) is 38.6 Å². The van der Waals surface area contributed by atoms with Gasteiger partial charge in [0.05, 0.1) is 11.1 Å². The zero-order valence-electron chi connectivity index (χ0n) is 15.9. The number of nitrogens with zero attached hydrogens (tertiary/aromatic N) is 2. The number of fused-ring (bicyclic) bond motifs is 1. The van der Waals surface area contributed by atoms with Crippen LogP contribution in [0.5, 0.6) is 0 Å². The van der Waals surface area contributed by atoms with E-state index in [0.717, 1.165) is 24.4 Å². The molecule has 2 aliphatic rings.